The monoisotopic (exact) mass is 414 g/mol. The van der Waals surface area contributed by atoms with Gasteiger partial charge < -0.3 is 5.11 Å². The zero-order valence-electron chi connectivity index (χ0n) is 14.5. The molecule has 0 aliphatic carbocycles. The molecule has 6 nitrogen and oxygen atoms in total. The van der Waals surface area contributed by atoms with Crippen molar-refractivity contribution < 1.29 is 18.3 Å². The molecule has 4 rings (SSSR count). The van der Waals surface area contributed by atoms with Crippen molar-refractivity contribution in [1.82, 2.24) is 8.96 Å². The van der Waals surface area contributed by atoms with Crippen LogP contribution in [0.1, 0.15) is 12.1 Å². The van der Waals surface area contributed by atoms with Gasteiger partial charge in [0.15, 0.2) is 0 Å². The van der Waals surface area contributed by atoms with Crippen LogP contribution in [0.3, 0.4) is 0 Å². The average Bonchev–Trinajstić information content (AvgIpc) is 3.04. The molecular weight excluding hydrogens is 400 g/mol. The molecule has 0 amide bonds. The number of carbonyl (C=O) groups is 1. The van der Waals surface area contributed by atoms with E-state index < -0.39 is 16.0 Å². The molecule has 0 radical (unpaired) electrons. The number of carboxylic acid groups (broad SMARTS) is 1. The van der Waals surface area contributed by atoms with Crippen molar-refractivity contribution in [1.29, 1.82) is 0 Å². The first-order valence-corrected chi connectivity index (χ1v) is 10.3. The second kappa shape index (κ2) is 6.92. The molecule has 0 aliphatic heterocycles. The van der Waals surface area contributed by atoms with Gasteiger partial charge >= 0.3 is 5.97 Å². The van der Waals surface area contributed by atoms with E-state index in [1.165, 1.54) is 10.0 Å². The lowest BCUT2D eigenvalue weighted by molar-refractivity contribution is -0.136. The largest absolute Gasteiger partial charge is 0.481 e. The van der Waals surface area contributed by atoms with Crippen molar-refractivity contribution >= 4 is 49.4 Å². The van der Waals surface area contributed by atoms with Gasteiger partial charge in [0.25, 0.3) is 10.0 Å². The number of aromatic nitrogens is 2. The van der Waals surface area contributed by atoms with Gasteiger partial charge in [0.1, 0.15) is 5.15 Å². The normalized spacial score (nSPS) is 11.9. The predicted octanol–water partition coefficient (Wildman–Crippen LogP) is 4.10. The first-order chi connectivity index (χ1) is 13.4. The predicted molar refractivity (Wildman–Crippen MR) is 107 cm³/mol. The van der Waals surface area contributed by atoms with Gasteiger partial charge in [-0.25, -0.2) is 17.4 Å². The highest BCUT2D eigenvalue weighted by Crippen LogP contribution is 2.30. The molecule has 2 aromatic heterocycles. The molecule has 0 spiro atoms. The first kappa shape index (κ1) is 18.5. The second-order valence-corrected chi connectivity index (χ2v) is 8.46. The van der Waals surface area contributed by atoms with E-state index in [1.807, 2.05) is 18.2 Å². The van der Waals surface area contributed by atoms with Crippen LogP contribution < -0.4 is 0 Å². The van der Waals surface area contributed by atoms with Crippen molar-refractivity contribution in [3.05, 3.63) is 71.5 Å². The molecule has 0 saturated heterocycles. The molecule has 4 aromatic rings. The number of pyridine rings is 1. The number of rotatable bonds is 5. The molecule has 0 saturated carbocycles. The van der Waals surface area contributed by atoms with E-state index in [0.29, 0.717) is 22.1 Å². The van der Waals surface area contributed by atoms with Crippen LogP contribution in [-0.4, -0.2) is 28.5 Å². The standard InChI is InChI=1S/C20H15ClN2O4S/c21-19-10-9-17-16(22-19)12-14(8-11-20(24)25)23(17)28(26,27)18-7-3-5-13-4-1-2-6-15(13)18/h1-7,9-10,12H,8,11H2,(H,24,25). The van der Waals surface area contributed by atoms with Gasteiger partial charge in [0.05, 0.1) is 22.3 Å². The van der Waals surface area contributed by atoms with Gasteiger partial charge in [-0.3, -0.25) is 4.79 Å². The molecule has 2 aromatic carbocycles. The van der Waals surface area contributed by atoms with E-state index in [9.17, 15) is 13.2 Å². The summed E-state index contributed by atoms with van der Waals surface area (Å²) in [5.41, 5.74) is 1.11. The molecule has 0 unspecified atom stereocenters. The highest BCUT2D eigenvalue weighted by Gasteiger charge is 2.25. The fourth-order valence-corrected chi connectivity index (χ4v) is 5.23. The van der Waals surface area contributed by atoms with Crippen LogP contribution in [0.15, 0.2) is 65.6 Å². The Morgan fingerprint density at radius 2 is 1.82 bits per heavy atom. The molecule has 0 aliphatic rings. The van der Waals surface area contributed by atoms with Crippen molar-refractivity contribution in [2.75, 3.05) is 0 Å². The topological polar surface area (TPSA) is 89.3 Å². The summed E-state index contributed by atoms with van der Waals surface area (Å²) in [5, 5.41) is 10.7. The van der Waals surface area contributed by atoms with Gasteiger partial charge in [0, 0.05) is 11.1 Å². The Kier molecular flexibility index (Phi) is 4.56. The number of aryl methyl sites for hydroxylation is 1. The summed E-state index contributed by atoms with van der Waals surface area (Å²) in [7, 11) is -4.00. The SMILES string of the molecule is O=C(O)CCc1cc2nc(Cl)ccc2n1S(=O)(=O)c1cccc2ccccc12. The number of hydrogen-bond acceptors (Lipinski definition) is 4. The van der Waals surface area contributed by atoms with Gasteiger partial charge in [-0.05, 0) is 36.1 Å². The minimum atomic E-state index is -4.00. The number of halogens is 1. The van der Waals surface area contributed by atoms with Gasteiger partial charge in [0.2, 0.25) is 0 Å². The molecule has 1 N–H and O–H groups in total. The van der Waals surface area contributed by atoms with E-state index in [1.54, 1.807) is 36.4 Å². The number of nitrogens with zero attached hydrogens (tertiary/aromatic N) is 2. The number of hydrogen-bond donors (Lipinski definition) is 1. The lowest BCUT2D eigenvalue weighted by Gasteiger charge is -2.13. The fraction of sp³-hybridized carbons (Fsp3) is 0.100. The van der Waals surface area contributed by atoms with Gasteiger partial charge in [-0.1, -0.05) is 48.0 Å². The van der Waals surface area contributed by atoms with Gasteiger partial charge in [-0.15, -0.1) is 0 Å². The van der Waals surface area contributed by atoms with Crippen LogP contribution in [0, 0.1) is 0 Å². The molecule has 2 heterocycles. The third-order valence-electron chi connectivity index (χ3n) is 4.51. The third-order valence-corrected chi connectivity index (χ3v) is 6.55. The second-order valence-electron chi connectivity index (χ2n) is 6.31. The Bertz CT molecular complexity index is 1320. The van der Waals surface area contributed by atoms with Crippen molar-refractivity contribution in [2.24, 2.45) is 0 Å². The van der Waals surface area contributed by atoms with Crippen LogP contribution in [0.5, 0.6) is 0 Å². The number of carboxylic acids is 1. The average molecular weight is 415 g/mol. The summed E-state index contributed by atoms with van der Waals surface area (Å²) in [6, 6.07) is 17.0. The first-order valence-electron chi connectivity index (χ1n) is 8.50. The maximum atomic E-state index is 13.6. The van der Waals surface area contributed by atoms with Crippen LogP contribution in [0.2, 0.25) is 5.15 Å². The zero-order chi connectivity index (χ0) is 19.9. The van der Waals surface area contributed by atoms with E-state index in [4.69, 9.17) is 16.7 Å². The number of fused-ring (bicyclic) bond motifs is 2. The summed E-state index contributed by atoms with van der Waals surface area (Å²) in [6.45, 7) is 0. The van der Waals surface area contributed by atoms with Crippen LogP contribution >= 0.6 is 11.6 Å². The van der Waals surface area contributed by atoms with E-state index in [0.717, 1.165) is 5.39 Å². The highest BCUT2D eigenvalue weighted by atomic mass is 35.5. The maximum Gasteiger partial charge on any atom is 0.303 e. The van der Waals surface area contributed by atoms with E-state index in [-0.39, 0.29) is 22.9 Å². The Hall–Kier alpha value is -2.90. The van der Waals surface area contributed by atoms with Gasteiger partial charge in [-0.2, -0.15) is 0 Å². The number of aliphatic carboxylic acids is 1. The van der Waals surface area contributed by atoms with Crippen LogP contribution in [-0.2, 0) is 21.2 Å². The lowest BCUT2D eigenvalue weighted by Crippen LogP contribution is -2.16. The molecule has 8 heteroatoms. The quantitative estimate of drug-likeness (QED) is 0.496. The maximum absolute atomic E-state index is 13.6. The summed E-state index contributed by atoms with van der Waals surface area (Å²) >= 11 is 5.95. The number of benzene rings is 2. The zero-order valence-corrected chi connectivity index (χ0v) is 16.1. The fourth-order valence-electron chi connectivity index (χ4n) is 3.30. The molecule has 142 valence electrons. The lowest BCUT2D eigenvalue weighted by atomic mass is 10.1. The Morgan fingerprint density at radius 3 is 2.61 bits per heavy atom. The van der Waals surface area contributed by atoms with Crippen LogP contribution in [0.25, 0.3) is 21.8 Å². The van der Waals surface area contributed by atoms with Crippen molar-refractivity contribution in [2.45, 2.75) is 17.7 Å². The third kappa shape index (κ3) is 3.12. The summed E-state index contributed by atoms with van der Waals surface area (Å²) in [5.74, 6) is -1.01. The molecule has 0 fully saturated rings. The summed E-state index contributed by atoms with van der Waals surface area (Å²) in [6.07, 6.45) is -0.150. The Labute approximate surface area is 166 Å². The molecular formula is C20H15ClN2O4S. The minimum Gasteiger partial charge on any atom is -0.481 e. The van der Waals surface area contributed by atoms with E-state index in [2.05, 4.69) is 4.98 Å². The molecule has 0 bridgehead atoms. The van der Waals surface area contributed by atoms with Crippen molar-refractivity contribution in [3.8, 4) is 0 Å². The van der Waals surface area contributed by atoms with E-state index >= 15 is 0 Å². The smallest absolute Gasteiger partial charge is 0.303 e. The summed E-state index contributed by atoms with van der Waals surface area (Å²) in [4.78, 5) is 15.4. The van der Waals surface area contributed by atoms with Crippen molar-refractivity contribution in [3.63, 3.8) is 0 Å². The highest BCUT2D eigenvalue weighted by molar-refractivity contribution is 7.90. The van der Waals surface area contributed by atoms with Crippen LogP contribution in [0.4, 0.5) is 0 Å². The Morgan fingerprint density at radius 1 is 1.07 bits per heavy atom. The molecule has 28 heavy (non-hydrogen) atoms. The molecule has 0 atom stereocenters. The minimum absolute atomic E-state index is 0.0489. The Balaban J connectivity index is 2.00. The summed E-state index contributed by atoms with van der Waals surface area (Å²) < 4.78 is 28.4.